The van der Waals surface area contributed by atoms with Crippen molar-refractivity contribution in [2.45, 2.75) is 65.6 Å². The van der Waals surface area contributed by atoms with E-state index in [-0.39, 0.29) is 0 Å². The minimum atomic E-state index is 0.382. The molecule has 1 aromatic heterocycles. The highest BCUT2D eigenvalue weighted by Crippen LogP contribution is 2.30. The zero-order chi connectivity index (χ0) is 14.0. The summed E-state index contributed by atoms with van der Waals surface area (Å²) >= 11 is 0. The van der Waals surface area contributed by atoms with E-state index in [0.717, 1.165) is 24.5 Å². The Kier molecular flexibility index (Phi) is 4.63. The lowest BCUT2D eigenvalue weighted by Crippen LogP contribution is -2.56. The van der Waals surface area contributed by atoms with Crippen molar-refractivity contribution in [3.8, 4) is 0 Å². The van der Waals surface area contributed by atoms with Crippen LogP contribution in [0.1, 0.15) is 56.7 Å². The van der Waals surface area contributed by atoms with E-state index in [0.29, 0.717) is 18.1 Å². The lowest BCUT2D eigenvalue weighted by Gasteiger charge is -2.43. The second-order valence-electron chi connectivity index (χ2n) is 5.69. The van der Waals surface area contributed by atoms with Gasteiger partial charge in [0.1, 0.15) is 5.76 Å². The molecule has 3 unspecified atom stereocenters. The second-order valence-corrected chi connectivity index (χ2v) is 5.69. The third kappa shape index (κ3) is 2.84. The first kappa shape index (κ1) is 14.5. The van der Waals surface area contributed by atoms with E-state index in [2.05, 4.69) is 36.1 Å². The van der Waals surface area contributed by atoms with E-state index in [1.165, 1.54) is 18.4 Å². The van der Waals surface area contributed by atoms with Gasteiger partial charge in [-0.05, 0) is 33.6 Å². The van der Waals surface area contributed by atoms with E-state index in [1.807, 2.05) is 13.8 Å². The predicted octanol–water partition coefficient (Wildman–Crippen LogP) is 2.81. The number of hydrogen-bond acceptors (Lipinski definition) is 4. The molecule has 3 atom stereocenters. The van der Waals surface area contributed by atoms with Gasteiger partial charge in [-0.25, -0.2) is 0 Å². The molecule has 1 N–H and O–H groups in total. The summed E-state index contributed by atoms with van der Waals surface area (Å²) in [6.45, 7) is 13.1. The molecule has 0 spiro atoms. The van der Waals surface area contributed by atoms with Crippen LogP contribution in [0.5, 0.6) is 0 Å². The first-order valence-electron chi connectivity index (χ1n) is 7.50. The first-order valence-corrected chi connectivity index (χ1v) is 7.50. The Labute approximate surface area is 116 Å². The molecule has 1 aliphatic heterocycles. The Morgan fingerprint density at radius 1 is 1.37 bits per heavy atom. The first-order chi connectivity index (χ1) is 9.08. The predicted molar refractivity (Wildman–Crippen MR) is 77.3 cm³/mol. The molecule has 4 heteroatoms. The van der Waals surface area contributed by atoms with Gasteiger partial charge in [0, 0.05) is 36.8 Å². The minimum absolute atomic E-state index is 0.382. The Hall–Kier alpha value is -0.870. The Morgan fingerprint density at radius 3 is 2.63 bits per heavy atom. The van der Waals surface area contributed by atoms with Gasteiger partial charge in [0.05, 0.1) is 5.69 Å². The molecule has 1 saturated heterocycles. The molecule has 0 aliphatic carbocycles. The smallest absolute Gasteiger partial charge is 0.138 e. The van der Waals surface area contributed by atoms with Gasteiger partial charge in [-0.2, -0.15) is 0 Å². The molecule has 4 nitrogen and oxygen atoms in total. The SMILES string of the molecule is CCC1CN(C(C)c2c(C)noc2C)C(CC)CN1. The highest BCUT2D eigenvalue weighted by molar-refractivity contribution is 5.25. The maximum Gasteiger partial charge on any atom is 0.138 e. The van der Waals surface area contributed by atoms with Gasteiger partial charge >= 0.3 is 0 Å². The number of nitrogens with one attached hydrogen (secondary N) is 1. The number of rotatable bonds is 4. The summed E-state index contributed by atoms with van der Waals surface area (Å²) in [6, 6.07) is 1.59. The molecular formula is C15H27N3O. The summed E-state index contributed by atoms with van der Waals surface area (Å²) in [5.41, 5.74) is 2.31. The molecule has 108 valence electrons. The minimum Gasteiger partial charge on any atom is -0.361 e. The molecular weight excluding hydrogens is 238 g/mol. The van der Waals surface area contributed by atoms with Crippen LogP contribution < -0.4 is 5.32 Å². The van der Waals surface area contributed by atoms with Crippen LogP contribution in [-0.4, -0.2) is 35.2 Å². The third-order valence-electron chi connectivity index (χ3n) is 4.51. The summed E-state index contributed by atoms with van der Waals surface area (Å²) in [5.74, 6) is 0.964. The Balaban J connectivity index is 2.21. The lowest BCUT2D eigenvalue weighted by atomic mass is 9.98. The summed E-state index contributed by atoms with van der Waals surface area (Å²) in [7, 11) is 0. The molecule has 0 saturated carbocycles. The molecule has 0 bridgehead atoms. The molecule has 1 fully saturated rings. The second kappa shape index (κ2) is 6.06. The van der Waals surface area contributed by atoms with Crippen molar-refractivity contribution in [2.75, 3.05) is 13.1 Å². The molecule has 1 aromatic rings. The lowest BCUT2D eigenvalue weighted by molar-refractivity contribution is 0.0841. The van der Waals surface area contributed by atoms with Crippen LogP contribution in [0.2, 0.25) is 0 Å². The molecule has 2 heterocycles. The van der Waals surface area contributed by atoms with Gasteiger partial charge in [0.2, 0.25) is 0 Å². The van der Waals surface area contributed by atoms with Crippen LogP contribution in [0.25, 0.3) is 0 Å². The molecule has 2 rings (SSSR count). The van der Waals surface area contributed by atoms with Gasteiger partial charge in [-0.15, -0.1) is 0 Å². The van der Waals surface area contributed by atoms with Crippen molar-refractivity contribution < 1.29 is 4.52 Å². The fourth-order valence-corrected chi connectivity index (χ4v) is 3.27. The quantitative estimate of drug-likeness (QED) is 0.909. The Morgan fingerprint density at radius 2 is 2.11 bits per heavy atom. The summed E-state index contributed by atoms with van der Waals surface area (Å²) in [5, 5.41) is 7.75. The molecule has 19 heavy (non-hydrogen) atoms. The van der Waals surface area contributed by atoms with Gasteiger partial charge in [-0.3, -0.25) is 4.90 Å². The van der Waals surface area contributed by atoms with Crippen LogP contribution in [0.3, 0.4) is 0 Å². The van der Waals surface area contributed by atoms with Gasteiger partial charge in [0.15, 0.2) is 0 Å². The van der Waals surface area contributed by atoms with Crippen LogP contribution in [0, 0.1) is 13.8 Å². The van der Waals surface area contributed by atoms with E-state index >= 15 is 0 Å². The maximum atomic E-state index is 5.34. The third-order valence-corrected chi connectivity index (χ3v) is 4.51. The standard InChI is InChI=1S/C15H27N3O/c1-6-13-9-18(14(7-2)8-16-13)11(4)15-10(3)17-19-12(15)5/h11,13-14,16H,6-9H2,1-5H3. The average molecular weight is 265 g/mol. The van der Waals surface area contributed by atoms with Crippen molar-refractivity contribution in [2.24, 2.45) is 0 Å². The topological polar surface area (TPSA) is 41.3 Å². The Bertz CT molecular complexity index is 396. The van der Waals surface area contributed by atoms with Crippen molar-refractivity contribution in [1.82, 2.24) is 15.4 Å². The summed E-state index contributed by atoms with van der Waals surface area (Å²) in [6.07, 6.45) is 2.36. The summed E-state index contributed by atoms with van der Waals surface area (Å²) < 4.78 is 5.34. The van der Waals surface area contributed by atoms with E-state index in [4.69, 9.17) is 4.52 Å². The number of hydrogen-bond donors (Lipinski definition) is 1. The largest absolute Gasteiger partial charge is 0.361 e. The molecule has 1 aliphatic rings. The summed E-state index contributed by atoms with van der Waals surface area (Å²) in [4.78, 5) is 2.62. The van der Waals surface area contributed by atoms with Crippen molar-refractivity contribution in [1.29, 1.82) is 0 Å². The molecule has 0 amide bonds. The van der Waals surface area contributed by atoms with Crippen molar-refractivity contribution in [3.63, 3.8) is 0 Å². The fraction of sp³-hybridized carbons (Fsp3) is 0.800. The van der Waals surface area contributed by atoms with Crippen LogP contribution >= 0.6 is 0 Å². The number of aryl methyl sites for hydroxylation is 2. The van der Waals surface area contributed by atoms with Gasteiger partial charge in [0.25, 0.3) is 0 Å². The monoisotopic (exact) mass is 265 g/mol. The molecule has 0 aromatic carbocycles. The van der Waals surface area contributed by atoms with Gasteiger partial charge < -0.3 is 9.84 Å². The van der Waals surface area contributed by atoms with Crippen LogP contribution in [0.15, 0.2) is 4.52 Å². The normalized spacial score (nSPS) is 26.6. The maximum absolute atomic E-state index is 5.34. The number of nitrogens with zero attached hydrogens (tertiary/aromatic N) is 2. The zero-order valence-corrected chi connectivity index (χ0v) is 12.9. The molecule has 0 radical (unpaired) electrons. The number of piperazine rings is 1. The average Bonchev–Trinajstić information content (AvgIpc) is 2.76. The van der Waals surface area contributed by atoms with Crippen molar-refractivity contribution in [3.05, 3.63) is 17.0 Å². The number of aromatic nitrogens is 1. The zero-order valence-electron chi connectivity index (χ0n) is 12.9. The highest BCUT2D eigenvalue weighted by Gasteiger charge is 2.32. The van der Waals surface area contributed by atoms with Gasteiger partial charge in [-0.1, -0.05) is 19.0 Å². The fourth-order valence-electron chi connectivity index (χ4n) is 3.27. The van der Waals surface area contributed by atoms with E-state index < -0.39 is 0 Å². The highest BCUT2D eigenvalue weighted by atomic mass is 16.5. The van der Waals surface area contributed by atoms with Crippen LogP contribution in [-0.2, 0) is 0 Å². The van der Waals surface area contributed by atoms with Crippen molar-refractivity contribution >= 4 is 0 Å². The van der Waals surface area contributed by atoms with Crippen LogP contribution in [0.4, 0.5) is 0 Å². The van der Waals surface area contributed by atoms with E-state index in [9.17, 15) is 0 Å². The van der Waals surface area contributed by atoms with E-state index in [1.54, 1.807) is 0 Å².